The lowest BCUT2D eigenvalue weighted by molar-refractivity contribution is -0.135. The van der Waals surface area contributed by atoms with Crippen LogP contribution < -0.4 is 9.64 Å². The molecule has 1 aromatic carbocycles. The average molecular weight is 461 g/mol. The number of piperidine rings is 1. The molecular formula is C26H28N4O4. The predicted molar refractivity (Wildman–Crippen MR) is 128 cm³/mol. The first-order chi connectivity index (χ1) is 16.5. The number of benzene rings is 1. The summed E-state index contributed by atoms with van der Waals surface area (Å²) in [6.07, 6.45) is 6.23. The summed E-state index contributed by atoms with van der Waals surface area (Å²) in [4.78, 5) is 35.9. The smallest absolute Gasteiger partial charge is 0.337 e. The fourth-order valence-corrected chi connectivity index (χ4v) is 5.68. The summed E-state index contributed by atoms with van der Waals surface area (Å²) in [5, 5.41) is 10.9. The molecule has 1 aliphatic carbocycles. The summed E-state index contributed by atoms with van der Waals surface area (Å²) < 4.78 is 5.92. The molecule has 0 amide bonds. The van der Waals surface area contributed by atoms with Crippen LogP contribution in [0.3, 0.4) is 0 Å². The van der Waals surface area contributed by atoms with E-state index in [9.17, 15) is 14.7 Å². The van der Waals surface area contributed by atoms with Crippen molar-refractivity contribution in [3.63, 3.8) is 0 Å². The zero-order chi connectivity index (χ0) is 23.3. The van der Waals surface area contributed by atoms with E-state index in [0.717, 1.165) is 74.0 Å². The van der Waals surface area contributed by atoms with Crippen LogP contribution in [-0.4, -0.2) is 58.0 Å². The number of nitrogens with zero attached hydrogens (tertiary/aromatic N) is 3. The minimum Gasteiger partial charge on any atom is -0.478 e. The number of nitrogens with one attached hydrogen (secondary N) is 1. The number of Topliss-reactive ketones (excluding diaryl/α,β-unsaturated/α-hetero) is 1. The van der Waals surface area contributed by atoms with Crippen LogP contribution in [0.25, 0.3) is 11.0 Å². The van der Waals surface area contributed by atoms with Crippen LogP contribution in [-0.2, 0) is 11.3 Å². The van der Waals surface area contributed by atoms with Gasteiger partial charge in [0.15, 0.2) is 0 Å². The van der Waals surface area contributed by atoms with Crippen molar-refractivity contribution in [1.29, 1.82) is 0 Å². The van der Waals surface area contributed by atoms with Gasteiger partial charge in [0.2, 0.25) is 5.88 Å². The number of hydrogen-bond acceptors (Lipinski definition) is 6. The highest BCUT2D eigenvalue weighted by Gasteiger charge is 2.44. The van der Waals surface area contributed by atoms with Gasteiger partial charge in [-0.1, -0.05) is 6.07 Å². The number of rotatable bonds is 4. The molecule has 3 aliphatic rings. The second-order valence-corrected chi connectivity index (χ2v) is 9.91. The molecule has 1 spiro atoms. The number of H-pyrrole nitrogens is 1. The maximum absolute atomic E-state index is 12.2. The summed E-state index contributed by atoms with van der Waals surface area (Å²) in [6, 6.07) is 9.63. The molecule has 0 radical (unpaired) electrons. The summed E-state index contributed by atoms with van der Waals surface area (Å²) in [5.41, 5.74) is 3.83. The van der Waals surface area contributed by atoms with Crippen molar-refractivity contribution in [2.75, 3.05) is 31.1 Å². The van der Waals surface area contributed by atoms with Gasteiger partial charge in [0.05, 0.1) is 17.9 Å². The first-order valence-corrected chi connectivity index (χ1v) is 12.0. The fraction of sp³-hybridized carbons (Fsp3) is 0.423. The van der Waals surface area contributed by atoms with Crippen molar-refractivity contribution in [2.24, 2.45) is 5.41 Å². The topological polar surface area (TPSA) is 98.8 Å². The molecule has 4 heterocycles. The molecule has 0 atom stereocenters. The van der Waals surface area contributed by atoms with Crippen molar-refractivity contribution < 1.29 is 19.4 Å². The number of aromatic amines is 1. The van der Waals surface area contributed by atoms with Crippen LogP contribution in [0.4, 0.5) is 11.4 Å². The second-order valence-electron chi connectivity index (χ2n) is 9.91. The summed E-state index contributed by atoms with van der Waals surface area (Å²) in [6.45, 7) is 3.89. The molecule has 0 bridgehead atoms. The number of carboxylic acid groups (broad SMARTS) is 1. The third-order valence-corrected chi connectivity index (χ3v) is 7.59. The van der Waals surface area contributed by atoms with Crippen LogP contribution in [0, 0.1) is 5.41 Å². The van der Waals surface area contributed by atoms with Crippen LogP contribution in [0.2, 0.25) is 0 Å². The van der Waals surface area contributed by atoms with E-state index in [-0.39, 0.29) is 11.0 Å². The monoisotopic (exact) mass is 460 g/mol. The SMILES string of the molecule is O=C1CC2(CCN(Cc3ccc(C(=O)O)c(N4CCCOc5nc6[nH]ccc6cc54)c3)CC2)C1. The third-order valence-electron chi connectivity index (χ3n) is 7.59. The molecule has 1 saturated heterocycles. The number of likely N-dealkylation sites (tertiary alicyclic amines) is 1. The van der Waals surface area contributed by atoms with Gasteiger partial charge in [-0.2, -0.15) is 4.98 Å². The highest BCUT2D eigenvalue weighted by atomic mass is 16.5. The molecule has 6 rings (SSSR count). The molecule has 3 aromatic rings. The molecule has 2 aliphatic heterocycles. The van der Waals surface area contributed by atoms with E-state index in [2.05, 4.69) is 14.9 Å². The quantitative estimate of drug-likeness (QED) is 0.604. The Balaban J connectivity index is 1.31. The molecule has 2 aromatic heterocycles. The van der Waals surface area contributed by atoms with E-state index in [0.29, 0.717) is 30.5 Å². The number of anilines is 2. The normalized spacial score (nSPS) is 20.0. The Labute approximate surface area is 197 Å². The van der Waals surface area contributed by atoms with Crippen LogP contribution in [0.15, 0.2) is 36.5 Å². The number of aromatic nitrogens is 2. The molecular weight excluding hydrogens is 432 g/mol. The molecule has 0 unspecified atom stereocenters. The van der Waals surface area contributed by atoms with Crippen molar-refractivity contribution in [1.82, 2.24) is 14.9 Å². The van der Waals surface area contributed by atoms with E-state index >= 15 is 0 Å². The van der Waals surface area contributed by atoms with Crippen molar-refractivity contribution in [2.45, 2.75) is 38.6 Å². The van der Waals surface area contributed by atoms with Gasteiger partial charge >= 0.3 is 5.97 Å². The van der Waals surface area contributed by atoms with Gasteiger partial charge in [-0.25, -0.2) is 4.79 Å². The van der Waals surface area contributed by atoms with Gasteiger partial charge in [-0.3, -0.25) is 9.69 Å². The third kappa shape index (κ3) is 3.72. The largest absolute Gasteiger partial charge is 0.478 e. The Morgan fingerprint density at radius 3 is 2.71 bits per heavy atom. The van der Waals surface area contributed by atoms with Crippen molar-refractivity contribution in [3.05, 3.63) is 47.7 Å². The minimum atomic E-state index is -0.946. The number of aromatic carboxylic acids is 1. The second kappa shape index (κ2) is 8.13. The fourth-order valence-electron chi connectivity index (χ4n) is 5.68. The molecule has 2 N–H and O–H groups in total. The Kier molecular flexibility index (Phi) is 5.06. The van der Waals surface area contributed by atoms with Crippen LogP contribution in [0.5, 0.6) is 5.88 Å². The van der Waals surface area contributed by atoms with E-state index in [1.54, 1.807) is 6.07 Å². The van der Waals surface area contributed by atoms with Gasteiger partial charge in [0, 0.05) is 37.5 Å². The van der Waals surface area contributed by atoms with Gasteiger partial charge in [-0.15, -0.1) is 0 Å². The van der Waals surface area contributed by atoms with Crippen molar-refractivity contribution in [3.8, 4) is 5.88 Å². The number of carbonyl (C=O) groups is 2. The minimum absolute atomic E-state index is 0.248. The highest BCUT2D eigenvalue weighted by molar-refractivity contribution is 5.97. The number of fused-ring (bicyclic) bond motifs is 2. The molecule has 2 fully saturated rings. The van der Waals surface area contributed by atoms with Gasteiger partial charge in [-0.05, 0) is 67.6 Å². The Hall–Kier alpha value is -3.39. The van der Waals surface area contributed by atoms with Crippen LogP contribution >= 0.6 is 0 Å². The van der Waals surface area contributed by atoms with Gasteiger partial charge < -0.3 is 19.7 Å². The maximum Gasteiger partial charge on any atom is 0.337 e. The molecule has 8 nitrogen and oxygen atoms in total. The number of ether oxygens (including phenoxy) is 1. The van der Waals surface area contributed by atoms with Crippen LogP contribution in [0.1, 0.15) is 48.0 Å². The molecule has 176 valence electrons. The lowest BCUT2D eigenvalue weighted by Gasteiger charge is -2.46. The lowest BCUT2D eigenvalue weighted by Crippen LogP contribution is -2.47. The Bertz CT molecular complexity index is 1270. The first-order valence-electron chi connectivity index (χ1n) is 12.0. The summed E-state index contributed by atoms with van der Waals surface area (Å²) >= 11 is 0. The van der Waals surface area contributed by atoms with E-state index in [4.69, 9.17) is 4.74 Å². The number of ketones is 1. The highest BCUT2D eigenvalue weighted by Crippen LogP contribution is 2.47. The molecule has 1 saturated carbocycles. The Morgan fingerprint density at radius 2 is 1.94 bits per heavy atom. The summed E-state index contributed by atoms with van der Waals surface area (Å²) in [7, 11) is 0. The maximum atomic E-state index is 12.2. The average Bonchev–Trinajstić information content (AvgIpc) is 3.16. The molecule has 8 heteroatoms. The standard InChI is InChI=1S/C26H28N4O4/c31-19-14-26(15-19)5-9-29(10-6-26)16-17-2-3-20(25(32)33)21(12-17)30-8-1-11-34-24-22(30)13-18-4-7-27-23(18)28-24/h2-4,7,12-13H,1,5-6,8-11,14-16H2,(H,27,28)(H,32,33). The van der Waals surface area contributed by atoms with E-state index < -0.39 is 5.97 Å². The number of hydrogen-bond donors (Lipinski definition) is 2. The van der Waals surface area contributed by atoms with Gasteiger partial charge in [0.25, 0.3) is 0 Å². The lowest BCUT2D eigenvalue weighted by atomic mass is 9.62. The van der Waals surface area contributed by atoms with Gasteiger partial charge in [0.1, 0.15) is 17.1 Å². The zero-order valence-corrected chi connectivity index (χ0v) is 19.0. The van der Waals surface area contributed by atoms with Crippen molar-refractivity contribution >= 4 is 34.2 Å². The Morgan fingerprint density at radius 1 is 1.12 bits per heavy atom. The number of carboxylic acids is 1. The summed E-state index contributed by atoms with van der Waals surface area (Å²) in [5.74, 6) is -0.0282. The van der Waals surface area contributed by atoms with E-state index in [1.165, 1.54) is 0 Å². The number of pyridine rings is 1. The predicted octanol–water partition coefficient (Wildman–Crippen LogP) is 4.13. The molecule has 34 heavy (non-hydrogen) atoms. The first kappa shape index (κ1) is 21.2. The zero-order valence-electron chi connectivity index (χ0n) is 19.0. The number of carbonyl (C=O) groups excluding carboxylic acids is 1. The van der Waals surface area contributed by atoms with E-state index in [1.807, 2.05) is 35.4 Å².